The van der Waals surface area contributed by atoms with Crippen LogP contribution in [0, 0.1) is 13.8 Å². The maximum Gasteiger partial charge on any atom is 0.232 e. The standard InChI is InChI=1S/C22H17BrO3S/c1-13-9-10-27-20(13)11-19-21(24)17-7-8-18(14(2)22(17)26-19)25-12-15-3-5-16(23)6-4-15/h3-11H,12H2,1-2H3/b19-11-. The smallest absolute Gasteiger partial charge is 0.232 e. The van der Waals surface area contributed by atoms with E-state index in [4.69, 9.17) is 9.47 Å². The van der Waals surface area contributed by atoms with Crippen LogP contribution in [0.3, 0.4) is 0 Å². The van der Waals surface area contributed by atoms with Gasteiger partial charge in [-0.15, -0.1) is 11.3 Å². The monoisotopic (exact) mass is 440 g/mol. The largest absolute Gasteiger partial charge is 0.488 e. The molecule has 2 aromatic carbocycles. The average molecular weight is 441 g/mol. The molecule has 27 heavy (non-hydrogen) atoms. The zero-order valence-electron chi connectivity index (χ0n) is 14.9. The van der Waals surface area contributed by atoms with Crippen LogP contribution in [0.5, 0.6) is 11.5 Å². The predicted octanol–water partition coefficient (Wildman–Crippen LogP) is 6.32. The number of ketones is 1. The maximum atomic E-state index is 12.7. The van der Waals surface area contributed by atoms with Gasteiger partial charge in [-0.3, -0.25) is 4.79 Å². The topological polar surface area (TPSA) is 35.5 Å². The fourth-order valence-corrected chi connectivity index (χ4v) is 4.03. The summed E-state index contributed by atoms with van der Waals surface area (Å²) in [5, 5.41) is 2.01. The highest BCUT2D eigenvalue weighted by Crippen LogP contribution is 2.39. The van der Waals surface area contributed by atoms with Gasteiger partial charge in [0, 0.05) is 21.0 Å². The molecule has 0 radical (unpaired) electrons. The van der Waals surface area contributed by atoms with Gasteiger partial charge in [0.2, 0.25) is 5.78 Å². The molecule has 0 bridgehead atoms. The summed E-state index contributed by atoms with van der Waals surface area (Å²) in [6.45, 7) is 4.40. The molecule has 1 aliphatic rings. The first kappa shape index (κ1) is 18.0. The second-order valence-corrected chi connectivity index (χ2v) is 8.25. The molecule has 3 nitrogen and oxygen atoms in total. The van der Waals surface area contributed by atoms with Crippen LogP contribution in [0.4, 0.5) is 0 Å². The van der Waals surface area contributed by atoms with Crippen LogP contribution in [0.1, 0.15) is 31.9 Å². The van der Waals surface area contributed by atoms with E-state index in [2.05, 4.69) is 15.9 Å². The minimum absolute atomic E-state index is 0.0830. The van der Waals surface area contributed by atoms with Crippen LogP contribution in [0.25, 0.3) is 6.08 Å². The van der Waals surface area contributed by atoms with E-state index in [-0.39, 0.29) is 5.78 Å². The molecule has 2 heterocycles. The van der Waals surface area contributed by atoms with Crippen molar-refractivity contribution in [1.82, 2.24) is 0 Å². The Morgan fingerprint density at radius 2 is 1.89 bits per heavy atom. The molecule has 3 aromatic rings. The van der Waals surface area contributed by atoms with Crippen molar-refractivity contribution in [3.63, 3.8) is 0 Å². The first-order valence-corrected chi connectivity index (χ1v) is 10.2. The average Bonchev–Trinajstić information content (AvgIpc) is 3.21. The van der Waals surface area contributed by atoms with Crippen LogP contribution in [-0.4, -0.2) is 5.78 Å². The van der Waals surface area contributed by atoms with Gasteiger partial charge in [-0.25, -0.2) is 0 Å². The minimum atomic E-state index is -0.0830. The number of carbonyl (C=O) groups excluding carboxylic acids is 1. The normalized spacial score (nSPS) is 14.3. The molecule has 0 fully saturated rings. The van der Waals surface area contributed by atoms with Crippen molar-refractivity contribution in [2.75, 3.05) is 0 Å². The van der Waals surface area contributed by atoms with Gasteiger partial charge in [-0.05, 0) is 60.7 Å². The van der Waals surface area contributed by atoms with Crippen LogP contribution < -0.4 is 9.47 Å². The number of aryl methyl sites for hydroxylation is 1. The predicted molar refractivity (Wildman–Crippen MR) is 112 cm³/mol. The van der Waals surface area contributed by atoms with Gasteiger partial charge < -0.3 is 9.47 Å². The molecule has 0 saturated carbocycles. The molecule has 0 spiro atoms. The third-order valence-electron chi connectivity index (χ3n) is 4.51. The number of hydrogen-bond acceptors (Lipinski definition) is 4. The summed E-state index contributed by atoms with van der Waals surface area (Å²) in [5.74, 6) is 1.59. The summed E-state index contributed by atoms with van der Waals surface area (Å²) >= 11 is 5.02. The number of rotatable bonds is 4. The Hall–Kier alpha value is -2.37. The van der Waals surface area contributed by atoms with Crippen molar-refractivity contribution >= 4 is 39.1 Å². The van der Waals surface area contributed by atoms with E-state index in [9.17, 15) is 4.79 Å². The Morgan fingerprint density at radius 1 is 1.11 bits per heavy atom. The van der Waals surface area contributed by atoms with Crippen LogP contribution >= 0.6 is 27.3 Å². The fraction of sp³-hybridized carbons (Fsp3) is 0.136. The third-order valence-corrected chi connectivity index (χ3v) is 6.00. The summed E-state index contributed by atoms with van der Waals surface area (Å²) in [7, 11) is 0. The molecular weight excluding hydrogens is 424 g/mol. The Bertz CT molecular complexity index is 1050. The lowest BCUT2D eigenvalue weighted by atomic mass is 10.1. The van der Waals surface area contributed by atoms with Crippen LogP contribution in [0.2, 0.25) is 0 Å². The molecule has 0 N–H and O–H groups in total. The van der Waals surface area contributed by atoms with Crippen molar-refractivity contribution in [3.8, 4) is 11.5 Å². The zero-order chi connectivity index (χ0) is 19.0. The van der Waals surface area contributed by atoms with E-state index in [1.807, 2.05) is 61.7 Å². The van der Waals surface area contributed by atoms with Gasteiger partial charge in [-0.2, -0.15) is 0 Å². The molecule has 136 valence electrons. The van der Waals surface area contributed by atoms with Gasteiger partial charge in [0.1, 0.15) is 18.1 Å². The van der Waals surface area contributed by atoms with E-state index in [0.717, 1.165) is 31.8 Å². The zero-order valence-corrected chi connectivity index (χ0v) is 17.3. The van der Waals surface area contributed by atoms with Crippen molar-refractivity contribution in [2.24, 2.45) is 0 Å². The first-order chi connectivity index (χ1) is 13.0. The van der Waals surface area contributed by atoms with E-state index < -0.39 is 0 Å². The maximum absolute atomic E-state index is 12.7. The second-order valence-electron chi connectivity index (χ2n) is 6.39. The van der Waals surface area contributed by atoms with E-state index in [0.29, 0.717) is 23.7 Å². The number of thiophene rings is 1. The Labute approximate surface area is 170 Å². The molecule has 0 amide bonds. The van der Waals surface area contributed by atoms with Gasteiger partial charge in [0.05, 0.1) is 5.56 Å². The summed E-state index contributed by atoms with van der Waals surface area (Å²) in [5.41, 5.74) is 3.63. The van der Waals surface area contributed by atoms with E-state index >= 15 is 0 Å². The molecule has 1 aromatic heterocycles. The highest BCUT2D eigenvalue weighted by molar-refractivity contribution is 9.10. The fourth-order valence-electron chi connectivity index (χ4n) is 2.92. The molecule has 0 atom stereocenters. The Balaban J connectivity index is 1.57. The number of allylic oxidation sites excluding steroid dienone is 1. The van der Waals surface area contributed by atoms with Crippen molar-refractivity contribution in [3.05, 3.63) is 85.2 Å². The third kappa shape index (κ3) is 3.57. The highest BCUT2D eigenvalue weighted by Gasteiger charge is 2.30. The van der Waals surface area contributed by atoms with Crippen molar-refractivity contribution in [2.45, 2.75) is 20.5 Å². The number of benzene rings is 2. The summed E-state index contributed by atoms with van der Waals surface area (Å²) in [6.07, 6.45) is 1.82. The molecule has 4 rings (SSSR count). The van der Waals surface area contributed by atoms with E-state index in [1.165, 1.54) is 0 Å². The number of ether oxygens (including phenoxy) is 2. The van der Waals surface area contributed by atoms with Crippen LogP contribution in [-0.2, 0) is 6.61 Å². The highest BCUT2D eigenvalue weighted by atomic mass is 79.9. The summed E-state index contributed by atoms with van der Waals surface area (Å²) < 4.78 is 12.9. The first-order valence-electron chi connectivity index (χ1n) is 8.52. The molecular formula is C22H17BrO3S. The molecule has 0 saturated heterocycles. The lowest BCUT2D eigenvalue weighted by molar-refractivity contribution is 0.101. The second kappa shape index (κ2) is 7.33. The molecule has 0 aliphatic carbocycles. The van der Waals surface area contributed by atoms with Gasteiger partial charge in [0.15, 0.2) is 5.76 Å². The molecule has 5 heteroatoms. The summed E-state index contributed by atoms with van der Waals surface area (Å²) in [4.78, 5) is 13.7. The molecule has 0 unspecified atom stereocenters. The van der Waals surface area contributed by atoms with Crippen molar-refractivity contribution in [1.29, 1.82) is 0 Å². The minimum Gasteiger partial charge on any atom is -0.488 e. The number of carbonyl (C=O) groups is 1. The van der Waals surface area contributed by atoms with Gasteiger partial charge >= 0.3 is 0 Å². The lowest BCUT2D eigenvalue weighted by Gasteiger charge is -2.11. The number of hydrogen-bond donors (Lipinski definition) is 0. The Morgan fingerprint density at radius 3 is 2.59 bits per heavy atom. The molecule has 1 aliphatic heterocycles. The quantitative estimate of drug-likeness (QED) is 0.445. The lowest BCUT2D eigenvalue weighted by Crippen LogP contribution is -1.98. The number of fused-ring (bicyclic) bond motifs is 1. The Kier molecular flexibility index (Phi) is 4.89. The van der Waals surface area contributed by atoms with Gasteiger partial charge in [-0.1, -0.05) is 28.1 Å². The van der Waals surface area contributed by atoms with Crippen molar-refractivity contribution < 1.29 is 14.3 Å². The van der Waals surface area contributed by atoms with Gasteiger partial charge in [0.25, 0.3) is 0 Å². The van der Waals surface area contributed by atoms with E-state index in [1.54, 1.807) is 17.4 Å². The number of halogens is 1. The summed E-state index contributed by atoms with van der Waals surface area (Å²) in [6, 6.07) is 13.6. The SMILES string of the molecule is Cc1ccsc1/C=C1\Oc2c(ccc(OCc3ccc(Br)cc3)c2C)C1=O. The number of Topliss-reactive ketones (excluding diaryl/α,β-unsaturated/α-hetero) is 1. The van der Waals surface area contributed by atoms with Crippen LogP contribution in [0.15, 0.2) is 58.1 Å².